The highest BCUT2D eigenvalue weighted by molar-refractivity contribution is 5.88. The molecule has 0 spiro atoms. The molecule has 4 rings (SSSR count). The van der Waals surface area contributed by atoms with E-state index in [0.29, 0.717) is 0 Å². The number of nitrogens with zero attached hydrogens (tertiary/aromatic N) is 4. The quantitative estimate of drug-likeness (QED) is 0.589. The summed E-state index contributed by atoms with van der Waals surface area (Å²) in [6.45, 7) is 3.96. The smallest absolute Gasteiger partial charge is 0.158 e. The lowest BCUT2D eigenvalue weighted by Gasteiger charge is -2.12. The number of hydrogen-bond acceptors (Lipinski definition) is 5. The zero-order valence-electron chi connectivity index (χ0n) is 14.9. The molecule has 130 valence electrons. The molecule has 3 heterocycles. The fraction of sp³-hybridized carbons (Fsp3) is 0.150. The lowest BCUT2D eigenvalue weighted by molar-refractivity contribution is 0.476. The molecule has 26 heavy (non-hydrogen) atoms. The summed E-state index contributed by atoms with van der Waals surface area (Å²) in [6.07, 6.45) is 5.27. The van der Waals surface area contributed by atoms with Gasteiger partial charge in [-0.05, 0) is 55.8 Å². The number of aryl methyl sites for hydroxylation is 3. The van der Waals surface area contributed by atoms with Crippen molar-refractivity contribution in [2.45, 2.75) is 13.8 Å². The van der Waals surface area contributed by atoms with Gasteiger partial charge in [-0.1, -0.05) is 0 Å². The lowest BCUT2D eigenvalue weighted by atomic mass is 10.2. The molecule has 0 atom stereocenters. The Labute approximate surface area is 151 Å². The van der Waals surface area contributed by atoms with Crippen LogP contribution in [0.3, 0.4) is 0 Å². The number of benzene rings is 1. The molecule has 0 amide bonds. The Kier molecular flexibility index (Phi) is 4.01. The monoisotopic (exact) mass is 345 g/mol. The summed E-state index contributed by atoms with van der Waals surface area (Å²) in [6, 6.07) is 11.8. The van der Waals surface area contributed by atoms with Crippen LogP contribution in [0.15, 0.2) is 55.1 Å². The van der Waals surface area contributed by atoms with Crippen molar-refractivity contribution in [3.63, 3.8) is 0 Å². The Morgan fingerprint density at radius 1 is 1.00 bits per heavy atom. The number of nitrogens with one attached hydrogen (secondary N) is 1. The van der Waals surface area contributed by atoms with Gasteiger partial charge in [0.25, 0.3) is 0 Å². The molecule has 1 N–H and O–H groups in total. The summed E-state index contributed by atoms with van der Waals surface area (Å²) in [5, 5.41) is 3.37. The molecule has 0 bridgehead atoms. The number of rotatable bonds is 4. The molecule has 0 aliphatic heterocycles. The highest BCUT2D eigenvalue weighted by Gasteiger charge is 2.09. The second-order valence-electron chi connectivity index (χ2n) is 6.23. The van der Waals surface area contributed by atoms with Gasteiger partial charge in [0.15, 0.2) is 5.82 Å². The summed E-state index contributed by atoms with van der Waals surface area (Å²) in [7, 11) is 1.98. The number of aromatic nitrogens is 4. The minimum atomic E-state index is 0.723. The Morgan fingerprint density at radius 3 is 2.65 bits per heavy atom. The van der Waals surface area contributed by atoms with Crippen molar-refractivity contribution < 1.29 is 4.74 Å². The van der Waals surface area contributed by atoms with Crippen molar-refractivity contribution in [1.82, 2.24) is 19.5 Å². The normalized spacial score (nSPS) is 10.9. The van der Waals surface area contributed by atoms with Gasteiger partial charge in [0, 0.05) is 24.6 Å². The van der Waals surface area contributed by atoms with Crippen LogP contribution in [0.4, 0.5) is 11.5 Å². The van der Waals surface area contributed by atoms with Crippen molar-refractivity contribution >= 4 is 22.5 Å². The van der Waals surface area contributed by atoms with Gasteiger partial charge < -0.3 is 14.6 Å². The van der Waals surface area contributed by atoms with Crippen LogP contribution in [0.2, 0.25) is 0 Å². The fourth-order valence-electron chi connectivity index (χ4n) is 2.83. The lowest BCUT2D eigenvalue weighted by Crippen LogP contribution is -1.99. The van der Waals surface area contributed by atoms with Crippen molar-refractivity contribution in [2.24, 2.45) is 7.05 Å². The van der Waals surface area contributed by atoms with Crippen molar-refractivity contribution in [2.75, 3.05) is 5.32 Å². The van der Waals surface area contributed by atoms with Gasteiger partial charge in [-0.25, -0.2) is 9.97 Å². The van der Waals surface area contributed by atoms with E-state index in [1.165, 1.54) is 0 Å². The van der Waals surface area contributed by atoms with Crippen molar-refractivity contribution in [1.29, 1.82) is 0 Å². The maximum Gasteiger partial charge on any atom is 0.158 e. The minimum absolute atomic E-state index is 0.723. The minimum Gasteiger partial charge on any atom is -0.455 e. The van der Waals surface area contributed by atoms with Crippen LogP contribution in [-0.4, -0.2) is 19.5 Å². The average molecular weight is 345 g/mol. The first-order valence-electron chi connectivity index (χ1n) is 8.34. The highest BCUT2D eigenvalue weighted by Crippen LogP contribution is 2.29. The first-order chi connectivity index (χ1) is 12.6. The molecule has 0 fully saturated rings. The van der Waals surface area contributed by atoms with Gasteiger partial charge >= 0.3 is 0 Å². The van der Waals surface area contributed by atoms with Gasteiger partial charge in [-0.2, -0.15) is 0 Å². The van der Waals surface area contributed by atoms with E-state index in [4.69, 9.17) is 4.74 Å². The maximum atomic E-state index is 5.93. The van der Waals surface area contributed by atoms with Gasteiger partial charge in [-0.15, -0.1) is 0 Å². The molecule has 4 aromatic rings. The first-order valence-corrected chi connectivity index (χ1v) is 8.34. The third kappa shape index (κ3) is 3.09. The van der Waals surface area contributed by atoms with Crippen LogP contribution in [0, 0.1) is 13.8 Å². The number of hydrogen-bond donors (Lipinski definition) is 1. The number of anilines is 2. The van der Waals surface area contributed by atoms with E-state index in [1.54, 1.807) is 12.5 Å². The molecule has 0 saturated heterocycles. The van der Waals surface area contributed by atoms with E-state index in [0.717, 1.165) is 45.3 Å². The zero-order chi connectivity index (χ0) is 18.1. The number of pyridine rings is 1. The molecule has 0 saturated carbocycles. The SMILES string of the molecule is Cc1ccc(Oc2ccc(Nc3ncnc4ccn(C)c34)cc2C)cn1. The van der Waals surface area contributed by atoms with Crippen LogP contribution in [0.25, 0.3) is 11.0 Å². The molecule has 3 aromatic heterocycles. The highest BCUT2D eigenvalue weighted by atomic mass is 16.5. The van der Waals surface area contributed by atoms with Crippen molar-refractivity contribution in [3.05, 3.63) is 66.4 Å². The third-order valence-corrected chi connectivity index (χ3v) is 4.21. The van der Waals surface area contributed by atoms with Gasteiger partial charge in [0.2, 0.25) is 0 Å². The van der Waals surface area contributed by atoms with E-state index in [1.807, 2.05) is 68.1 Å². The van der Waals surface area contributed by atoms with Crippen LogP contribution in [-0.2, 0) is 7.05 Å². The Morgan fingerprint density at radius 2 is 1.88 bits per heavy atom. The predicted molar refractivity (Wildman–Crippen MR) is 102 cm³/mol. The largest absolute Gasteiger partial charge is 0.455 e. The average Bonchev–Trinajstić information content (AvgIpc) is 3.01. The molecule has 0 radical (unpaired) electrons. The summed E-state index contributed by atoms with van der Waals surface area (Å²) in [5.74, 6) is 2.30. The molecular formula is C20H19N5O. The molecule has 6 heteroatoms. The van der Waals surface area contributed by atoms with E-state index >= 15 is 0 Å². The number of ether oxygens (including phenoxy) is 1. The summed E-state index contributed by atoms with van der Waals surface area (Å²) < 4.78 is 7.93. The third-order valence-electron chi connectivity index (χ3n) is 4.21. The molecule has 1 aromatic carbocycles. The maximum absolute atomic E-state index is 5.93. The molecular weight excluding hydrogens is 326 g/mol. The first kappa shape index (κ1) is 16.1. The van der Waals surface area contributed by atoms with Gasteiger partial charge in [0.1, 0.15) is 23.3 Å². The molecule has 0 aliphatic rings. The molecule has 6 nitrogen and oxygen atoms in total. The van der Waals surface area contributed by atoms with Crippen LogP contribution >= 0.6 is 0 Å². The van der Waals surface area contributed by atoms with Crippen LogP contribution < -0.4 is 10.1 Å². The van der Waals surface area contributed by atoms with Gasteiger partial charge in [0.05, 0.1) is 11.7 Å². The van der Waals surface area contributed by atoms with E-state index in [2.05, 4.69) is 20.3 Å². The standard InChI is InChI=1S/C20H19N5O/c1-13-10-15(5-7-18(13)26-16-6-4-14(2)21-11-16)24-20-19-17(22-12-23-20)8-9-25(19)3/h4-12H,1-3H3,(H,22,23,24). The molecule has 0 aliphatic carbocycles. The van der Waals surface area contributed by atoms with Gasteiger partial charge in [-0.3, -0.25) is 4.98 Å². The molecule has 0 unspecified atom stereocenters. The van der Waals surface area contributed by atoms with Crippen LogP contribution in [0.1, 0.15) is 11.3 Å². The Balaban J connectivity index is 1.59. The second-order valence-corrected chi connectivity index (χ2v) is 6.23. The summed E-state index contributed by atoms with van der Waals surface area (Å²) >= 11 is 0. The summed E-state index contributed by atoms with van der Waals surface area (Å²) in [5.41, 5.74) is 4.81. The summed E-state index contributed by atoms with van der Waals surface area (Å²) in [4.78, 5) is 12.9. The van der Waals surface area contributed by atoms with E-state index in [-0.39, 0.29) is 0 Å². The zero-order valence-corrected chi connectivity index (χ0v) is 14.9. The van der Waals surface area contributed by atoms with E-state index in [9.17, 15) is 0 Å². The Bertz CT molecular complexity index is 1070. The predicted octanol–water partition coefficient (Wildman–Crippen LogP) is 4.52. The van der Waals surface area contributed by atoms with E-state index < -0.39 is 0 Å². The Hall–Kier alpha value is -3.41. The van der Waals surface area contributed by atoms with Crippen molar-refractivity contribution in [3.8, 4) is 11.5 Å². The number of fused-ring (bicyclic) bond motifs is 1. The topological polar surface area (TPSA) is 64.9 Å². The second kappa shape index (κ2) is 6.48. The van der Waals surface area contributed by atoms with Crippen LogP contribution in [0.5, 0.6) is 11.5 Å². The fourth-order valence-corrected chi connectivity index (χ4v) is 2.83.